The van der Waals surface area contributed by atoms with Crippen molar-refractivity contribution in [2.24, 2.45) is 7.05 Å². The van der Waals surface area contributed by atoms with Crippen LogP contribution in [0.3, 0.4) is 0 Å². The van der Waals surface area contributed by atoms with Crippen LogP contribution in [0.5, 0.6) is 0 Å². The molecule has 112 valence electrons. The highest BCUT2D eigenvalue weighted by Crippen LogP contribution is 2.06. The van der Waals surface area contributed by atoms with Gasteiger partial charge in [-0.1, -0.05) is 0 Å². The number of nitrogens with one attached hydrogen (secondary N) is 1. The third-order valence-electron chi connectivity index (χ3n) is 3.15. The van der Waals surface area contributed by atoms with Crippen molar-refractivity contribution in [3.05, 3.63) is 12.3 Å². The first-order valence-corrected chi connectivity index (χ1v) is 8.16. The Labute approximate surface area is 118 Å². The van der Waals surface area contributed by atoms with Gasteiger partial charge in [0.1, 0.15) is 0 Å². The normalized spacial score (nSPS) is 18.1. The van der Waals surface area contributed by atoms with E-state index in [-0.39, 0.29) is 12.5 Å². The monoisotopic (exact) mass is 301 g/mol. The maximum absolute atomic E-state index is 11.8. The van der Waals surface area contributed by atoms with Crippen molar-refractivity contribution < 1.29 is 13.2 Å². The highest BCUT2D eigenvalue weighted by atomic mass is 32.2. The molecule has 0 unspecified atom stereocenters. The van der Waals surface area contributed by atoms with Crippen molar-refractivity contribution in [2.45, 2.75) is 0 Å². The summed E-state index contributed by atoms with van der Waals surface area (Å²) in [5.74, 6) is 0.378. The summed E-state index contributed by atoms with van der Waals surface area (Å²) in [6, 6.07) is 1.72. The minimum Gasteiger partial charge on any atom is -0.308 e. The minimum atomic E-state index is -3.13. The molecule has 0 atom stereocenters. The molecule has 1 aliphatic rings. The Kier molecular flexibility index (Phi) is 4.41. The second kappa shape index (κ2) is 5.90. The van der Waals surface area contributed by atoms with E-state index in [0.29, 0.717) is 32.0 Å². The van der Waals surface area contributed by atoms with Gasteiger partial charge in [-0.3, -0.25) is 14.4 Å². The Bertz CT molecular complexity index is 575. The van der Waals surface area contributed by atoms with Crippen LogP contribution < -0.4 is 5.32 Å². The third kappa shape index (κ3) is 4.02. The molecule has 1 aromatic rings. The molecule has 0 radical (unpaired) electrons. The summed E-state index contributed by atoms with van der Waals surface area (Å²) < 4.78 is 25.8. The number of hydrogen-bond acceptors (Lipinski definition) is 5. The molecule has 0 bridgehead atoms. The van der Waals surface area contributed by atoms with Crippen LogP contribution >= 0.6 is 0 Å². The van der Waals surface area contributed by atoms with Crippen molar-refractivity contribution in [1.82, 2.24) is 19.0 Å². The van der Waals surface area contributed by atoms with Crippen molar-refractivity contribution in [1.29, 1.82) is 0 Å². The van der Waals surface area contributed by atoms with E-state index >= 15 is 0 Å². The number of aryl methyl sites for hydroxylation is 1. The summed E-state index contributed by atoms with van der Waals surface area (Å²) in [7, 11) is -1.35. The third-order valence-corrected chi connectivity index (χ3v) is 4.45. The van der Waals surface area contributed by atoms with Crippen LogP contribution in [0, 0.1) is 0 Å². The number of carbonyl (C=O) groups is 1. The van der Waals surface area contributed by atoms with E-state index in [2.05, 4.69) is 10.4 Å². The Morgan fingerprint density at radius 1 is 1.35 bits per heavy atom. The molecule has 1 saturated heterocycles. The van der Waals surface area contributed by atoms with E-state index in [9.17, 15) is 13.2 Å². The number of anilines is 1. The van der Waals surface area contributed by atoms with Gasteiger partial charge in [0.05, 0.1) is 12.8 Å². The zero-order valence-corrected chi connectivity index (χ0v) is 12.4. The molecule has 1 N–H and O–H groups in total. The molecular formula is C11H19N5O3S. The Morgan fingerprint density at radius 3 is 2.50 bits per heavy atom. The van der Waals surface area contributed by atoms with Gasteiger partial charge in [0.25, 0.3) is 0 Å². The molecule has 0 spiro atoms. The van der Waals surface area contributed by atoms with E-state index in [4.69, 9.17) is 0 Å². The van der Waals surface area contributed by atoms with Gasteiger partial charge in [-0.25, -0.2) is 8.42 Å². The zero-order chi connectivity index (χ0) is 14.8. The predicted octanol–water partition coefficient (Wildman–Crippen LogP) is -1.06. The quantitative estimate of drug-likeness (QED) is 0.765. The molecular weight excluding hydrogens is 282 g/mol. The smallest absolute Gasteiger partial charge is 0.239 e. The number of sulfonamides is 1. The molecule has 1 aliphatic heterocycles. The van der Waals surface area contributed by atoms with Crippen molar-refractivity contribution in [3.8, 4) is 0 Å². The number of aromatic nitrogens is 2. The van der Waals surface area contributed by atoms with Crippen LogP contribution in [0.2, 0.25) is 0 Å². The molecule has 0 aliphatic carbocycles. The average molecular weight is 301 g/mol. The fraction of sp³-hybridized carbons (Fsp3) is 0.636. The molecule has 0 aromatic carbocycles. The molecule has 2 heterocycles. The minimum absolute atomic E-state index is 0.142. The lowest BCUT2D eigenvalue weighted by Gasteiger charge is -2.32. The number of amides is 1. The summed E-state index contributed by atoms with van der Waals surface area (Å²) in [6.45, 7) is 2.21. The maximum atomic E-state index is 11.8. The Balaban J connectivity index is 1.79. The second-order valence-electron chi connectivity index (χ2n) is 4.86. The van der Waals surface area contributed by atoms with Gasteiger partial charge in [0, 0.05) is 45.5 Å². The van der Waals surface area contributed by atoms with Crippen LogP contribution in [-0.2, 0) is 21.9 Å². The van der Waals surface area contributed by atoms with Crippen LogP contribution in [0.25, 0.3) is 0 Å². The SMILES string of the molecule is Cn1ccc(NC(=O)CN2CCN(S(C)(=O)=O)CC2)n1. The van der Waals surface area contributed by atoms with Crippen LogP contribution in [0.1, 0.15) is 0 Å². The number of rotatable bonds is 4. The summed E-state index contributed by atoms with van der Waals surface area (Å²) in [4.78, 5) is 13.8. The van der Waals surface area contributed by atoms with Crippen LogP contribution in [0.15, 0.2) is 12.3 Å². The largest absolute Gasteiger partial charge is 0.308 e. The summed E-state index contributed by atoms with van der Waals surface area (Å²) >= 11 is 0. The molecule has 1 fully saturated rings. The maximum Gasteiger partial charge on any atom is 0.239 e. The molecule has 1 aromatic heterocycles. The van der Waals surface area contributed by atoms with Crippen LogP contribution in [0.4, 0.5) is 5.82 Å². The van der Waals surface area contributed by atoms with Crippen molar-refractivity contribution >= 4 is 21.7 Å². The van der Waals surface area contributed by atoms with Gasteiger partial charge in [-0.2, -0.15) is 9.40 Å². The highest BCUT2D eigenvalue weighted by Gasteiger charge is 2.24. The van der Waals surface area contributed by atoms with Crippen molar-refractivity contribution in [3.63, 3.8) is 0 Å². The average Bonchev–Trinajstić information content (AvgIpc) is 2.74. The molecule has 1 amide bonds. The summed E-state index contributed by atoms with van der Waals surface area (Å²) in [5, 5.41) is 6.77. The molecule has 8 nitrogen and oxygen atoms in total. The number of piperazine rings is 1. The molecule has 20 heavy (non-hydrogen) atoms. The molecule has 9 heteroatoms. The van der Waals surface area contributed by atoms with Gasteiger partial charge in [-0.05, 0) is 0 Å². The standard InChI is InChI=1S/C11H19N5O3S/c1-14-4-3-10(13-14)12-11(17)9-15-5-7-16(8-6-15)20(2,18)19/h3-4H,5-9H2,1-2H3,(H,12,13,17). The Hall–Kier alpha value is -1.45. The van der Waals surface area contributed by atoms with Crippen molar-refractivity contribution in [2.75, 3.05) is 44.3 Å². The van der Waals surface area contributed by atoms with Gasteiger partial charge < -0.3 is 5.32 Å². The van der Waals surface area contributed by atoms with E-state index in [1.54, 1.807) is 24.0 Å². The second-order valence-corrected chi connectivity index (χ2v) is 6.84. The van der Waals surface area contributed by atoms with E-state index in [0.717, 1.165) is 0 Å². The highest BCUT2D eigenvalue weighted by molar-refractivity contribution is 7.88. The van der Waals surface area contributed by atoms with E-state index < -0.39 is 10.0 Å². The van der Waals surface area contributed by atoms with E-state index in [1.807, 2.05) is 4.90 Å². The number of nitrogens with zero attached hydrogens (tertiary/aromatic N) is 4. The first kappa shape index (κ1) is 14.9. The molecule has 0 saturated carbocycles. The lowest BCUT2D eigenvalue weighted by Crippen LogP contribution is -2.50. The number of hydrogen-bond donors (Lipinski definition) is 1. The first-order valence-electron chi connectivity index (χ1n) is 6.31. The summed E-state index contributed by atoms with van der Waals surface area (Å²) in [6.07, 6.45) is 2.96. The van der Waals surface area contributed by atoms with Gasteiger partial charge in [-0.15, -0.1) is 0 Å². The zero-order valence-electron chi connectivity index (χ0n) is 11.6. The topological polar surface area (TPSA) is 87.5 Å². The fourth-order valence-corrected chi connectivity index (χ4v) is 2.91. The number of carbonyl (C=O) groups excluding carboxylic acids is 1. The van der Waals surface area contributed by atoms with Gasteiger partial charge >= 0.3 is 0 Å². The lowest BCUT2D eigenvalue weighted by atomic mass is 10.3. The first-order chi connectivity index (χ1) is 9.34. The summed E-state index contributed by atoms with van der Waals surface area (Å²) in [5.41, 5.74) is 0. The van der Waals surface area contributed by atoms with Gasteiger partial charge in [0.15, 0.2) is 5.82 Å². The predicted molar refractivity (Wildman–Crippen MR) is 74.7 cm³/mol. The van der Waals surface area contributed by atoms with Crippen LogP contribution in [-0.4, -0.2) is 72.3 Å². The molecule has 2 rings (SSSR count). The van der Waals surface area contributed by atoms with Gasteiger partial charge in [0.2, 0.25) is 15.9 Å². The lowest BCUT2D eigenvalue weighted by molar-refractivity contribution is -0.117. The Morgan fingerprint density at radius 2 is 2.00 bits per heavy atom. The fourth-order valence-electron chi connectivity index (χ4n) is 2.09. The van der Waals surface area contributed by atoms with E-state index in [1.165, 1.54) is 10.6 Å².